The molecule has 3 rings (SSSR count). The Hall–Kier alpha value is -2.37. The molecule has 0 atom stereocenters. The molecule has 2 N–H and O–H groups in total. The van der Waals surface area contributed by atoms with Gasteiger partial charge in [0.1, 0.15) is 5.75 Å². The number of carbonyl (C=O) groups excluding carboxylic acids is 1. The molecular formula is C23H28ClNO4. The number of carboxylic acid groups (broad SMARTS) is 1. The van der Waals surface area contributed by atoms with Gasteiger partial charge >= 0.3 is 5.97 Å². The Kier molecular flexibility index (Phi) is 8.23. The van der Waals surface area contributed by atoms with Gasteiger partial charge in [-0.25, -0.2) is 4.79 Å². The van der Waals surface area contributed by atoms with Gasteiger partial charge in [-0.1, -0.05) is 18.5 Å². The number of nitrogens with one attached hydrogen (secondary N) is 1. The molecule has 0 saturated carbocycles. The summed E-state index contributed by atoms with van der Waals surface area (Å²) >= 11 is 5.79. The van der Waals surface area contributed by atoms with Gasteiger partial charge in [-0.3, -0.25) is 4.79 Å². The van der Waals surface area contributed by atoms with Crippen molar-refractivity contribution in [2.24, 2.45) is 5.92 Å². The van der Waals surface area contributed by atoms with Crippen molar-refractivity contribution in [3.8, 4) is 5.75 Å². The second-order valence-electron chi connectivity index (χ2n) is 7.71. The van der Waals surface area contributed by atoms with E-state index in [-0.39, 0.29) is 5.78 Å². The number of piperidine rings is 1. The second-order valence-corrected chi connectivity index (χ2v) is 8.15. The molecule has 0 amide bonds. The number of ketones is 1. The zero-order valence-corrected chi connectivity index (χ0v) is 17.8. The van der Waals surface area contributed by atoms with Gasteiger partial charge in [0.15, 0.2) is 11.4 Å². The van der Waals surface area contributed by atoms with E-state index in [1.807, 2.05) is 0 Å². The normalized spacial score (nSPS) is 14.5. The molecule has 0 aliphatic carbocycles. The summed E-state index contributed by atoms with van der Waals surface area (Å²) in [7, 11) is 0. The van der Waals surface area contributed by atoms with Crippen LogP contribution in [-0.4, -0.2) is 35.5 Å². The lowest BCUT2D eigenvalue weighted by molar-refractivity contribution is -0.152. The summed E-state index contributed by atoms with van der Waals surface area (Å²) in [4.78, 5) is 23.3. The maximum absolute atomic E-state index is 12.3. The third-order valence-electron chi connectivity index (χ3n) is 4.74. The predicted octanol–water partition coefficient (Wildman–Crippen LogP) is 4.82. The van der Waals surface area contributed by atoms with Crippen LogP contribution in [0.1, 0.15) is 49.5 Å². The number of ether oxygens (including phenoxy) is 1. The maximum atomic E-state index is 12.3. The molecular weight excluding hydrogens is 390 g/mol. The Bertz CT molecular complexity index is 810. The monoisotopic (exact) mass is 417 g/mol. The van der Waals surface area contributed by atoms with Gasteiger partial charge < -0.3 is 15.2 Å². The van der Waals surface area contributed by atoms with E-state index in [9.17, 15) is 9.59 Å². The molecule has 0 unspecified atom stereocenters. The highest BCUT2D eigenvalue weighted by Gasteiger charge is 2.29. The molecule has 1 saturated heterocycles. The van der Waals surface area contributed by atoms with Gasteiger partial charge in [0.2, 0.25) is 0 Å². The first-order chi connectivity index (χ1) is 13.7. The van der Waals surface area contributed by atoms with Crippen LogP contribution in [-0.2, 0) is 4.79 Å². The van der Waals surface area contributed by atoms with Crippen molar-refractivity contribution < 1.29 is 19.4 Å². The van der Waals surface area contributed by atoms with Crippen molar-refractivity contribution in [3.63, 3.8) is 0 Å². The Morgan fingerprint density at radius 1 is 1.00 bits per heavy atom. The minimum atomic E-state index is -1.33. The van der Waals surface area contributed by atoms with Gasteiger partial charge in [-0.05, 0) is 94.2 Å². The molecule has 0 aromatic heterocycles. The molecule has 0 spiro atoms. The predicted molar refractivity (Wildman–Crippen MR) is 115 cm³/mol. The van der Waals surface area contributed by atoms with Crippen molar-refractivity contribution >= 4 is 23.4 Å². The number of carboxylic acids is 1. The van der Waals surface area contributed by atoms with Crippen LogP contribution in [0.25, 0.3) is 0 Å². The highest BCUT2D eigenvalue weighted by atomic mass is 35.5. The van der Waals surface area contributed by atoms with Crippen LogP contribution >= 0.6 is 11.6 Å². The largest absolute Gasteiger partial charge is 0.478 e. The lowest BCUT2D eigenvalue weighted by Gasteiger charge is -2.21. The van der Waals surface area contributed by atoms with Crippen LogP contribution in [0.4, 0.5) is 0 Å². The molecule has 0 radical (unpaired) electrons. The van der Waals surface area contributed by atoms with Crippen LogP contribution in [0.3, 0.4) is 0 Å². The third-order valence-corrected chi connectivity index (χ3v) is 4.99. The number of halogens is 1. The first-order valence-corrected chi connectivity index (χ1v) is 10.1. The van der Waals surface area contributed by atoms with E-state index in [1.54, 1.807) is 48.5 Å². The fourth-order valence-electron chi connectivity index (χ4n) is 2.75. The number of hydrogen-bond acceptors (Lipinski definition) is 4. The molecule has 1 aliphatic rings. The molecule has 2 aromatic carbocycles. The molecule has 1 fully saturated rings. The zero-order chi connectivity index (χ0) is 21.4. The summed E-state index contributed by atoms with van der Waals surface area (Å²) < 4.78 is 5.39. The third kappa shape index (κ3) is 7.18. The average Bonchev–Trinajstić information content (AvgIpc) is 2.69. The van der Waals surface area contributed by atoms with Crippen molar-refractivity contribution in [3.05, 3.63) is 64.7 Å². The van der Waals surface area contributed by atoms with Gasteiger partial charge in [0.25, 0.3) is 0 Å². The lowest BCUT2D eigenvalue weighted by atomic mass is 10.0. The Balaban J connectivity index is 0.000000360. The van der Waals surface area contributed by atoms with Crippen molar-refractivity contribution in [2.75, 3.05) is 13.1 Å². The van der Waals surface area contributed by atoms with Crippen LogP contribution in [0, 0.1) is 5.92 Å². The lowest BCUT2D eigenvalue weighted by Crippen LogP contribution is -2.37. The number of aliphatic carboxylic acids is 1. The maximum Gasteiger partial charge on any atom is 0.347 e. The fourth-order valence-corrected chi connectivity index (χ4v) is 2.87. The SMILES string of the molecule is CC(C)(Oc1ccc(C(=O)c2ccc(Cl)cc2)cc1)C(=O)O.CC1CCNCC1. The number of hydrogen-bond donors (Lipinski definition) is 2. The minimum absolute atomic E-state index is 0.138. The molecule has 6 heteroatoms. The van der Waals surface area contributed by atoms with Crippen molar-refractivity contribution in [2.45, 2.75) is 39.2 Å². The van der Waals surface area contributed by atoms with E-state index < -0.39 is 11.6 Å². The van der Waals surface area contributed by atoms with E-state index in [1.165, 1.54) is 39.8 Å². The molecule has 1 aliphatic heterocycles. The van der Waals surface area contributed by atoms with E-state index in [2.05, 4.69) is 12.2 Å². The Morgan fingerprint density at radius 2 is 1.48 bits per heavy atom. The second kappa shape index (κ2) is 10.4. The number of benzene rings is 2. The first kappa shape index (κ1) is 22.9. The summed E-state index contributed by atoms with van der Waals surface area (Å²) in [5.41, 5.74) is -0.312. The molecule has 2 aromatic rings. The Morgan fingerprint density at radius 3 is 1.90 bits per heavy atom. The average molecular weight is 418 g/mol. The highest BCUT2D eigenvalue weighted by Crippen LogP contribution is 2.21. The van der Waals surface area contributed by atoms with Crippen LogP contribution in [0.5, 0.6) is 5.75 Å². The smallest absolute Gasteiger partial charge is 0.347 e. The van der Waals surface area contributed by atoms with E-state index in [0.717, 1.165) is 5.92 Å². The summed E-state index contributed by atoms with van der Waals surface area (Å²) in [5.74, 6) is 0.163. The number of carbonyl (C=O) groups is 2. The summed E-state index contributed by atoms with van der Waals surface area (Å²) in [6.07, 6.45) is 2.75. The molecule has 156 valence electrons. The van der Waals surface area contributed by atoms with Crippen molar-refractivity contribution in [1.29, 1.82) is 0 Å². The summed E-state index contributed by atoms with van der Waals surface area (Å²) in [6.45, 7) is 7.72. The quantitative estimate of drug-likeness (QED) is 0.682. The van der Waals surface area contributed by atoms with Gasteiger partial charge in [-0.2, -0.15) is 0 Å². The molecule has 0 bridgehead atoms. The van der Waals surface area contributed by atoms with Crippen LogP contribution in [0.2, 0.25) is 5.02 Å². The van der Waals surface area contributed by atoms with Crippen molar-refractivity contribution in [1.82, 2.24) is 5.32 Å². The van der Waals surface area contributed by atoms with Gasteiger partial charge in [0, 0.05) is 16.1 Å². The van der Waals surface area contributed by atoms with Crippen LogP contribution in [0.15, 0.2) is 48.5 Å². The minimum Gasteiger partial charge on any atom is -0.478 e. The summed E-state index contributed by atoms with van der Waals surface area (Å²) in [5, 5.41) is 12.9. The Labute approximate surface area is 177 Å². The molecule has 1 heterocycles. The first-order valence-electron chi connectivity index (χ1n) is 9.72. The van der Waals surface area contributed by atoms with E-state index in [0.29, 0.717) is 21.9 Å². The van der Waals surface area contributed by atoms with Crippen LogP contribution < -0.4 is 10.1 Å². The highest BCUT2D eigenvalue weighted by molar-refractivity contribution is 6.30. The standard InChI is InChI=1S/C17H15ClO4.C6H13N/c1-17(2,16(20)21)22-14-9-5-12(6-10-14)15(19)11-3-7-13(18)8-4-11;1-6-2-4-7-5-3-6/h3-10H,1-2H3,(H,20,21);6-7H,2-5H2,1H3. The fraction of sp³-hybridized carbons (Fsp3) is 0.391. The molecule has 5 nitrogen and oxygen atoms in total. The van der Waals surface area contributed by atoms with E-state index >= 15 is 0 Å². The molecule has 29 heavy (non-hydrogen) atoms. The summed E-state index contributed by atoms with van der Waals surface area (Å²) in [6, 6.07) is 13.0. The van der Waals surface area contributed by atoms with Gasteiger partial charge in [0.05, 0.1) is 0 Å². The zero-order valence-electron chi connectivity index (χ0n) is 17.1. The van der Waals surface area contributed by atoms with Gasteiger partial charge in [-0.15, -0.1) is 0 Å². The topological polar surface area (TPSA) is 75.6 Å². The number of rotatable bonds is 5. The van der Waals surface area contributed by atoms with E-state index in [4.69, 9.17) is 21.4 Å².